The van der Waals surface area contributed by atoms with E-state index in [1.807, 2.05) is 0 Å². The summed E-state index contributed by atoms with van der Waals surface area (Å²) in [6.07, 6.45) is -0.519. The van der Waals surface area contributed by atoms with Gasteiger partial charge >= 0.3 is 0 Å². The van der Waals surface area contributed by atoms with Gasteiger partial charge in [0, 0.05) is 13.0 Å². The van der Waals surface area contributed by atoms with Gasteiger partial charge in [-0.3, -0.25) is 4.79 Å². The van der Waals surface area contributed by atoms with Crippen LogP contribution < -0.4 is 11.1 Å². The summed E-state index contributed by atoms with van der Waals surface area (Å²) in [5.41, 5.74) is 5.01. The summed E-state index contributed by atoms with van der Waals surface area (Å²) in [6.45, 7) is 1.77. The molecule has 0 aliphatic rings. The van der Waals surface area contributed by atoms with E-state index in [0.717, 1.165) is 0 Å². The number of nitrogens with one attached hydrogen (secondary N) is 1. The van der Waals surface area contributed by atoms with Crippen LogP contribution in [0.2, 0.25) is 0 Å². The van der Waals surface area contributed by atoms with E-state index in [0.29, 0.717) is 6.42 Å². The topological polar surface area (TPSA) is 75.3 Å². The van der Waals surface area contributed by atoms with E-state index in [1.165, 1.54) is 0 Å². The van der Waals surface area contributed by atoms with Gasteiger partial charge in [0.15, 0.2) is 0 Å². The Morgan fingerprint density at radius 1 is 1.89 bits per heavy atom. The second-order valence-corrected chi connectivity index (χ2v) is 1.67. The lowest BCUT2D eigenvalue weighted by Gasteiger charge is -2.07. The number of nitrogens with two attached hydrogens (primary N) is 1. The Labute approximate surface area is 54.0 Å². The summed E-state index contributed by atoms with van der Waals surface area (Å²) < 4.78 is 0. The molecule has 0 saturated carbocycles. The first-order valence-electron chi connectivity index (χ1n) is 2.88. The van der Waals surface area contributed by atoms with Crippen LogP contribution in [0.25, 0.3) is 0 Å². The predicted molar refractivity (Wildman–Crippen MR) is 33.5 cm³/mol. The summed E-state index contributed by atoms with van der Waals surface area (Å²) in [5, 5.41) is 11.0. The average molecular weight is 132 g/mol. The van der Waals surface area contributed by atoms with E-state index >= 15 is 0 Å². The summed E-state index contributed by atoms with van der Waals surface area (Å²) in [4.78, 5) is 10.5. The molecule has 9 heavy (non-hydrogen) atoms. The smallest absolute Gasteiger partial charge is 0.221 e. The van der Waals surface area contributed by atoms with Gasteiger partial charge in [-0.05, 0) is 0 Å². The molecule has 4 N–H and O–H groups in total. The number of carbonyl (C=O) groups excluding carboxylic acids is 1. The molecule has 0 aromatic rings. The molecule has 0 radical (unpaired) electrons. The number of hydrogen-bond acceptors (Lipinski definition) is 3. The van der Waals surface area contributed by atoms with Crippen molar-refractivity contribution in [1.29, 1.82) is 0 Å². The molecule has 0 rings (SSSR count). The van der Waals surface area contributed by atoms with Gasteiger partial charge in [-0.1, -0.05) is 6.92 Å². The highest BCUT2D eigenvalue weighted by atomic mass is 16.3. The van der Waals surface area contributed by atoms with Gasteiger partial charge in [0.1, 0.15) is 6.23 Å². The Bertz CT molecular complexity index is 95.0. The zero-order valence-electron chi connectivity index (χ0n) is 5.42. The minimum absolute atomic E-state index is 0.0613. The largest absolute Gasteiger partial charge is 0.372 e. The zero-order valence-corrected chi connectivity index (χ0v) is 5.42. The molecular weight excluding hydrogens is 120 g/mol. The van der Waals surface area contributed by atoms with Crippen molar-refractivity contribution in [3.05, 3.63) is 0 Å². The highest BCUT2D eigenvalue weighted by Gasteiger charge is 2.02. The molecule has 0 fully saturated rings. The number of aliphatic hydroxyl groups excluding tert-OH is 1. The van der Waals surface area contributed by atoms with Crippen molar-refractivity contribution in [1.82, 2.24) is 5.32 Å². The number of carbonyl (C=O) groups is 1. The predicted octanol–water partition coefficient (Wildman–Crippen LogP) is -1.21. The fourth-order valence-corrected chi connectivity index (χ4v) is 0.347. The fourth-order valence-electron chi connectivity index (χ4n) is 0.347. The third-order valence-corrected chi connectivity index (χ3v) is 0.872. The lowest BCUT2D eigenvalue weighted by atomic mass is 10.4. The van der Waals surface area contributed by atoms with Crippen LogP contribution in [-0.4, -0.2) is 23.8 Å². The van der Waals surface area contributed by atoms with E-state index in [1.54, 1.807) is 6.92 Å². The Morgan fingerprint density at radius 2 is 2.44 bits per heavy atom. The molecule has 0 heterocycles. The van der Waals surface area contributed by atoms with Crippen LogP contribution in [-0.2, 0) is 4.79 Å². The molecule has 1 amide bonds. The molecule has 1 unspecified atom stereocenters. The monoisotopic (exact) mass is 132 g/mol. The van der Waals surface area contributed by atoms with Gasteiger partial charge in [0.05, 0.1) is 0 Å². The Hall–Kier alpha value is -0.610. The van der Waals surface area contributed by atoms with Gasteiger partial charge in [-0.2, -0.15) is 0 Å². The van der Waals surface area contributed by atoms with Crippen molar-refractivity contribution in [2.45, 2.75) is 19.6 Å². The van der Waals surface area contributed by atoms with Crippen molar-refractivity contribution in [3.8, 4) is 0 Å². The maximum absolute atomic E-state index is 10.5. The molecule has 0 bridgehead atoms. The van der Waals surface area contributed by atoms with E-state index in [4.69, 9.17) is 10.8 Å². The van der Waals surface area contributed by atoms with Gasteiger partial charge < -0.3 is 16.2 Å². The Kier molecular flexibility index (Phi) is 4.00. The molecular formula is C5H12N2O2. The minimum Gasteiger partial charge on any atom is -0.372 e. The van der Waals surface area contributed by atoms with Gasteiger partial charge in [-0.15, -0.1) is 0 Å². The van der Waals surface area contributed by atoms with E-state index in [-0.39, 0.29) is 12.5 Å². The van der Waals surface area contributed by atoms with Crippen LogP contribution in [0, 0.1) is 0 Å². The molecule has 0 aromatic heterocycles. The molecule has 1 atom stereocenters. The standard InChI is InChI=1S/C5H12N2O2/c1-2-4(8)7-5(9)3-6/h5,9H,2-3,6H2,1H3,(H,7,8). The van der Waals surface area contributed by atoms with Gasteiger partial charge in [0.25, 0.3) is 0 Å². The highest BCUT2D eigenvalue weighted by Crippen LogP contribution is 1.76. The lowest BCUT2D eigenvalue weighted by molar-refractivity contribution is -0.123. The van der Waals surface area contributed by atoms with Crippen LogP contribution >= 0.6 is 0 Å². The highest BCUT2D eigenvalue weighted by molar-refractivity contribution is 5.75. The van der Waals surface area contributed by atoms with Crippen LogP contribution in [0.4, 0.5) is 0 Å². The number of aliphatic hydroxyl groups is 1. The van der Waals surface area contributed by atoms with Gasteiger partial charge in [-0.25, -0.2) is 0 Å². The fraction of sp³-hybridized carbons (Fsp3) is 0.800. The van der Waals surface area contributed by atoms with Crippen molar-refractivity contribution < 1.29 is 9.90 Å². The third kappa shape index (κ3) is 3.93. The molecule has 0 aromatic carbocycles. The molecule has 0 saturated heterocycles. The molecule has 0 aliphatic carbocycles. The average Bonchev–Trinajstić information content (AvgIpc) is 1.87. The molecule has 0 spiro atoms. The number of amides is 1. The minimum atomic E-state index is -0.891. The van der Waals surface area contributed by atoms with Crippen molar-refractivity contribution in [2.75, 3.05) is 6.54 Å². The first-order valence-corrected chi connectivity index (χ1v) is 2.88. The van der Waals surface area contributed by atoms with Crippen molar-refractivity contribution >= 4 is 5.91 Å². The summed E-state index contributed by atoms with van der Waals surface area (Å²) in [6, 6.07) is 0. The van der Waals surface area contributed by atoms with Crippen LogP contribution in [0.5, 0.6) is 0 Å². The molecule has 4 heteroatoms. The van der Waals surface area contributed by atoms with E-state index in [9.17, 15) is 4.79 Å². The summed E-state index contributed by atoms with van der Waals surface area (Å²) in [5.74, 6) is -0.187. The van der Waals surface area contributed by atoms with E-state index in [2.05, 4.69) is 5.32 Å². The van der Waals surface area contributed by atoms with Crippen molar-refractivity contribution in [3.63, 3.8) is 0 Å². The maximum atomic E-state index is 10.5. The Morgan fingerprint density at radius 3 is 2.78 bits per heavy atom. The first-order chi connectivity index (χ1) is 4.20. The van der Waals surface area contributed by atoms with Gasteiger partial charge in [0.2, 0.25) is 5.91 Å². The summed E-state index contributed by atoms with van der Waals surface area (Å²) >= 11 is 0. The molecule has 54 valence electrons. The van der Waals surface area contributed by atoms with Crippen molar-refractivity contribution in [2.24, 2.45) is 5.73 Å². The van der Waals surface area contributed by atoms with E-state index < -0.39 is 6.23 Å². The lowest BCUT2D eigenvalue weighted by Crippen LogP contribution is -2.39. The van der Waals surface area contributed by atoms with Crippen LogP contribution in [0.3, 0.4) is 0 Å². The zero-order chi connectivity index (χ0) is 7.28. The van der Waals surface area contributed by atoms with Crippen LogP contribution in [0.15, 0.2) is 0 Å². The normalized spacial score (nSPS) is 12.8. The molecule has 4 nitrogen and oxygen atoms in total. The third-order valence-electron chi connectivity index (χ3n) is 0.872. The quantitative estimate of drug-likeness (QED) is 0.422. The number of hydrogen-bond donors (Lipinski definition) is 3. The van der Waals surface area contributed by atoms with Crippen LogP contribution in [0.1, 0.15) is 13.3 Å². The number of rotatable bonds is 3. The summed E-state index contributed by atoms with van der Waals surface area (Å²) in [7, 11) is 0. The first kappa shape index (κ1) is 8.39. The Balaban J connectivity index is 3.34. The molecule has 0 aliphatic heterocycles. The second-order valence-electron chi connectivity index (χ2n) is 1.67. The maximum Gasteiger partial charge on any atom is 0.221 e. The second kappa shape index (κ2) is 4.29. The SMILES string of the molecule is CCC(=O)NC(O)CN.